The summed E-state index contributed by atoms with van der Waals surface area (Å²) in [5.41, 5.74) is 8.40. The quantitative estimate of drug-likeness (QED) is 0.479. The molecule has 2 aromatic carbocycles. The van der Waals surface area contributed by atoms with Crippen LogP contribution < -0.4 is 10.5 Å². The molecule has 1 saturated carbocycles. The van der Waals surface area contributed by atoms with E-state index in [1.54, 1.807) is 12.1 Å². The minimum absolute atomic E-state index is 0.0507. The van der Waals surface area contributed by atoms with Gasteiger partial charge in [0.15, 0.2) is 5.65 Å². The van der Waals surface area contributed by atoms with Crippen molar-refractivity contribution in [3.63, 3.8) is 0 Å². The van der Waals surface area contributed by atoms with E-state index in [4.69, 9.17) is 15.6 Å². The van der Waals surface area contributed by atoms with Gasteiger partial charge in [0, 0.05) is 11.5 Å². The minimum Gasteiger partial charge on any atom is -0.457 e. The van der Waals surface area contributed by atoms with E-state index in [-0.39, 0.29) is 17.8 Å². The number of fused-ring (bicyclic) bond motifs is 1. The smallest absolute Gasteiger partial charge is 0.164 e. The van der Waals surface area contributed by atoms with Gasteiger partial charge in [-0.2, -0.15) is 5.10 Å². The number of nitrogens with zero attached hydrogens (tertiary/aromatic N) is 4. The number of benzene rings is 2. The van der Waals surface area contributed by atoms with Gasteiger partial charge in [-0.3, -0.25) is 0 Å². The molecular formula is C23H20FN5O2. The second-order valence-electron chi connectivity index (χ2n) is 7.69. The largest absolute Gasteiger partial charge is 0.457 e. The van der Waals surface area contributed by atoms with E-state index in [1.807, 2.05) is 28.9 Å². The van der Waals surface area contributed by atoms with Gasteiger partial charge in [0.2, 0.25) is 0 Å². The Morgan fingerprint density at radius 3 is 2.42 bits per heavy atom. The zero-order valence-corrected chi connectivity index (χ0v) is 16.6. The number of halogens is 1. The molecule has 0 saturated heterocycles. The van der Waals surface area contributed by atoms with Crippen LogP contribution in [0.15, 0.2) is 54.9 Å². The van der Waals surface area contributed by atoms with E-state index in [1.165, 1.54) is 18.5 Å². The molecule has 2 atom stereocenters. The Balaban J connectivity index is 1.49. The number of carbonyl (C=O) groups is 1. The number of rotatable bonds is 5. The van der Waals surface area contributed by atoms with E-state index in [0.29, 0.717) is 34.0 Å². The molecule has 2 unspecified atom stereocenters. The topological polar surface area (TPSA) is 95.9 Å². The first-order chi connectivity index (χ1) is 15.1. The molecular weight excluding hydrogens is 397 g/mol. The highest BCUT2D eigenvalue weighted by molar-refractivity contribution is 5.98. The van der Waals surface area contributed by atoms with Gasteiger partial charge in [0.1, 0.15) is 41.4 Å². The van der Waals surface area contributed by atoms with Gasteiger partial charge in [0.25, 0.3) is 0 Å². The molecule has 156 valence electrons. The van der Waals surface area contributed by atoms with Gasteiger partial charge in [-0.05, 0) is 67.8 Å². The van der Waals surface area contributed by atoms with Gasteiger partial charge in [-0.25, -0.2) is 19.0 Å². The highest BCUT2D eigenvalue weighted by atomic mass is 19.1. The lowest BCUT2D eigenvalue weighted by Gasteiger charge is -2.10. The number of carbonyl (C=O) groups excluding carboxylic acids is 1. The fraction of sp³-hybridized carbons (Fsp3) is 0.217. The zero-order valence-electron chi connectivity index (χ0n) is 16.6. The summed E-state index contributed by atoms with van der Waals surface area (Å²) in [6.07, 6.45) is 4.92. The van der Waals surface area contributed by atoms with Crippen LogP contribution in [-0.2, 0) is 4.79 Å². The molecule has 1 aliphatic rings. The monoisotopic (exact) mass is 417 g/mol. The van der Waals surface area contributed by atoms with Crippen LogP contribution in [0, 0.1) is 11.7 Å². The van der Waals surface area contributed by atoms with Crippen molar-refractivity contribution < 1.29 is 13.9 Å². The second kappa shape index (κ2) is 7.79. The normalized spacial score (nSPS) is 18.4. The van der Waals surface area contributed by atoms with Gasteiger partial charge in [-0.15, -0.1) is 0 Å². The van der Waals surface area contributed by atoms with Crippen LogP contribution in [0.2, 0.25) is 0 Å². The van der Waals surface area contributed by atoms with Crippen LogP contribution in [0.1, 0.15) is 25.3 Å². The van der Waals surface area contributed by atoms with Crippen molar-refractivity contribution in [2.75, 3.05) is 5.73 Å². The van der Waals surface area contributed by atoms with Crippen molar-refractivity contribution in [1.82, 2.24) is 19.7 Å². The summed E-state index contributed by atoms with van der Waals surface area (Å²) < 4.78 is 20.7. The average Bonchev–Trinajstić information content (AvgIpc) is 3.41. The molecule has 1 fully saturated rings. The first-order valence-corrected chi connectivity index (χ1v) is 10.1. The third-order valence-electron chi connectivity index (χ3n) is 5.68. The molecule has 1 aliphatic carbocycles. The van der Waals surface area contributed by atoms with Crippen LogP contribution >= 0.6 is 0 Å². The van der Waals surface area contributed by atoms with Crippen LogP contribution in [-0.4, -0.2) is 26.0 Å². The Hall–Kier alpha value is -3.81. The third-order valence-corrected chi connectivity index (χ3v) is 5.68. The molecule has 2 heterocycles. The zero-order chi connectivity index (χ0) is 21.4. The Morgan fingerprint density at radius 2 is 1.74 bits per heavy atom. The maximum absolute atomic E-state index is 13.1. The molecule has 0 amide bonds. The summed E-state index contributed by atoms with van der Waals surface area (Å²) in [7, 11) is 0. The van der Waals surface area contributed by atoms with Gasteiger partial charge in [0.05, 0.1) is 11.4 Å². The summed E-state index contributed by atoms with van der Waals surface area (Å²) in [5, 5.41) is 5.53. The van der Waals surface area contributed by atoms with Gasteiger partial charge >= 0.3 is 0 Å². The molecule has 0 aliphatic heterocycles. The molecule has 2 N–H and O–H groups in total. The summed E-state index contributed by atoms with van der Waals surface area (Å²) in [6, 6.07) is 13.4. The predicted octanol–water partition coefficient (Wildman–Crippen LogP) is 4.55. The standard InChI is InChI=1S/C23H20FN5O2/c24-16-4-9-19(10-5-16)31-18-7-2-15(3-8-18)21-20-22(25)26-13-27-23(20)29(28-21)17-6-1-14(11-17)12-30/h2-5,7-10,12-14,17H,1,6,11H2,(H2,25,26,27). The maximum Gasteiger partial charge on any atom is 0.164 e. The predicted molar refractivity (Wildman–Crippen MR) is 114 cm³/mol. The summed E-state index contributed by atoms with van der Waals surface area (Å²) in [5.74, 6) is 1.27. The summed E-state index contributed by atoms with van der Waals surface area (Å²) in [4.78, 5) is 19.8. The van der Waals surface area contributed by atoms with E-state index in [2.05, 4.69) is 9.97 Å². The number of aromatic nitrogens is 4. The van der Waals surface area contributed by atoms with E-state index in [9.17, 15) is 9.18 Å². The molecule has 0 bridgehead atoms. The van der Waals surface area contributed by atoms with Crippen molar-refractivity contribution >= 4 is 23.1 Å². The van der Waals surface area contributed by atoms with Crippen molar-refractivity contribution in [2.24, 2.45) is 5.92 Å². The molecule has 7 nitrogen and oxygen atoms in total. The van der Waals surface area contributed by atoms with Crippen molar-refractivity contribution in [1.29, 1.82) is 0 Å². The Labute approximate surface area is 177 Å². The number of anilines is 1. The minimum atomic E-state index is -0.313. The lowest BCUT2D eigenvalue weighted by Crippen LogP contribution is -2.09. The van der Waals surface area contributed by atoms with Gasteiger partial charge < -0.3 is 15.3 Å². The fourth-order valence-corrected chi connectivity index (χ4v) is 4.11. The number of aldehydes is 1. The van der Waals surface area contributed by atoms with Gasteiger partial charge in [-0.1, -0.05) is 0 Å². The van der Waals surface area contributed by atoms with E-state index in [0.717, 1.165) is 31.1 Å². The first-order valence-electron chi connectivity index (χ1n) is 10.1. The number of nitrogens with two attached hydrogens (primary N) is 1. The molecule has 4 aromatic rings. The highest BCUT2D eigenvalue weighted by Crippen LogP contribution is 2.38. The molecule has 0 spiro atoms. The van der Waals surface area contributed by atoms with E-state index >= 15 is 0 Å². The Kier molecular flexibility index (Phi) is 4.82. The summed E-state index contributed by atoms with van der Waals surface area (Å²) in [6.45, 7) is 0. The molecule has 2 aromatic heterocycles. The number of hydrogen-bond acceptors (Lipinski definition) is 6. The van der Waals surface area contributed by atoms with Crippen molar-refractivity contribution in [2.45, 2.75) is 25.3 Å². The Morgan fingerprint density at radius 1 is 1.03 bits per heavy atom. The fourth-order valence-electron chi connectivity index (χ4n) is 4.11. The van der Waals surface area contributed by atoms with Crippen molar-refractivity contribution in [3.05, 3.63) is 60.7 Å². The van der Waals surface area contributed by atoms with Crippen LogP contribution in [0.25, 0.3) is 22.3 Å². The molecule has 31 heavy (non-hydrogen) atoms. The molecule has 0 radical (unpaired) electrons. The van der Waals surface area contributed by atoms with Crippen LogP contribution in [0.5, 0.6) is 11.5 Å². The first kappa shape index (κ1) is 19.2. The Bertz CT molecular complexity index is 1240. The lowest BCUT2D eigenvalue weighted by atomic mass is 10.1. The number of nitrogen functional groups attached to an aromatic ring is 1. The lowest BCUT2D eigenvalue weighted by molar-refractivity contribution is -0.110. The molecule has 5 rings (SSSR count). The SMILES string of the molecule is Nc1ncnc2c1c(-c1ccc(Oc3ccc(F)cc3)cc1)nn2C1CCC(C=O)C1. The van der Waals surface area contributed by atoms with E-state index < -0.39 is 0 Å². The second-order valence-corrected chi connectivity index (χ2v) is 7.69. The van der Waals surface area contributed by atoms with Crippen molar-refractivity contribution in [3.8, 4) is 22.8 Å². The summed E-state index contributed by atoms with van der Waals surface area (Å²) >= 11 is 0. The number of hydrogen-bond donors (Lipinski definition) is 1. The highest BCUT2D eigenvalue weighted by Gasteiger charge is 2.29. The maximum atomic E-state index is 13.1. The average molecular weight is 417 g/mol. The van der Waals surface area contributed by atoms with Crippen LogP contribution in [0.4, 0.5) is 10.2 Å². The molecule has 8 heteroatoms. The van der Waals surface area contributed by atoms with Crippen LogP contribution in [0.3, 0.4) is 0 Å². The third kappa shape index (κ3) is 3.61. The number of ether oxygens (including phenoxy) is 1.